The Labute approximate surface area is 209 Å². The molecule has 0 bridgehead atoms. The van der Waals surface area contributed by atoms with E-state index in [0.717, 1.165) is 6.42 Å². The van der Waals surface area contributed by atoms with Gasteiger partial charge in [-0.1, -0.05) is 144 Å². The molecule has 0 aromatic heterocycles. The summed E-state index contributed by atoms with van der Waals surface area (Å²) in [4.78, 5) is 0. The van der Waals surface area contributed by atoms with E-state index in [9.17, 15) is 0 Å². The lowest BCUT2D eigenvalue weighted by atomic mass is 10.5. The lowest BCUT2D eigenvalue weighted by Gasteiger charge is -1.57. The first-order valence-electron chi connectivity index (χ1n) is 13.0. The summed E-state index contributed by atoms with van der Waals surface area (Å²) in [5, 5.41) is 0. The van der Waals surface area contributed by atoms with E-state index < -0.39 is 0 Å². The third-order valence-corrected chi connectivity index (χ3v) is 0.289. The fraction of sp³-hybridized carbons (Fsp3) is 0.677. The smallest absolute Gasteiger partial charge is 0.0382 e. The Kier molecular flexibility index (Phi) is 24400. The molecule has 0 heteroatoms. The zero-order valence-electron chi connectivity index (χ0n) is 27.5. The molecule has 204 valence electrons. The van der Waals surface area contributed by atoms with Gasteiger partial charge in [0.05, 0.1) is 0 Å². The quantitative estimate of drug-likeness (QED) is 0.347. The highest BCUT2D eigenvalue weighted by molar-refractivity contribution is 4.60. The Morgan fingerprint density at radius 1 is 0.387 bits per heavy atom. The van der Waals surface area contributed by atoms with Gasteiger partial charge in [-0.2, -0.15) is 0 Å². The fourth-order valence-corrected chi connectivity index (χ4v) is 0. The summed E-state index contributed by atoms with van der Waals surface area (Å²) in [6, 6.07) is 0. The van der Waals surface area contributed by atoms with Crippen molar-refractivity contribution in [3.05, 3.63) is 64.8 Å². The van der Waals surface area contributed by atoms with E-state index >= 15 is 0 Å². The second-order valence-corrected chi connectivity index (χ2v) is 1.11. The van der Waals surface area contributed by atoms with Crippen molar-refractivity contribution in [1.82, 2.24) is 0 Å². The van der Waals surface area contributed by atoms with Gasteiger partial charge in [-0.25, -0.2) is 0 Å². The largest absolute Gasteiger partial charge is 0.106 e. The molecule has 0 nitrogen and oxygen atoms in total. The molecule has 0 aromatic rings. The van der Waals surface area contributed by atoms with Crippen LogP contribution in [-0.2, 0) is 0 Å². The minimum Gasteiger partial charge on any atom is -0.106 e. The molecule has 0 aliphatic carbocycles. The van der Waals surface area contributed by atoms with Crippen molar-refractivity contribution < 1.29 is 0 Å². The van der Waals surface area contributed by atoms with Crippen LogP contribution in [0.3, 0.4) is 0 Å². The van der Waals surface area contributed by atoms with Gasteiger partial charge in [-0.3, -0.25) is 0 Å². The van der Waals surface area contributed by atoms with E-state index in [2.05, 4.69) is 59.6 Å². The van der Waals surface area contributed by atoms with E-state index in [0.29, 0.717) is 0 Å². The molecular weight excluding hydrogens is 372 g/mol. The topological polar surface area (TPSA) is 0 Å². The van der Waals surface area contributed by atoms with Gasteiger partial charge in [0.25, 0.3) is 0 Å². The molecule has 31 heavy (non-hydrogen) atoms. The normalized spacial score (nSPS) is 3.35. The Balaban J connectivity index is -0.00000000845. The zero-order valence-corrected chi connectivity index (χ0v) is 27.5. The third-order valence-electron chi connectivity index (χ3n) is 0.289. The molecule has 0 aromatic carbocycles. The molecular formula is C31H80. The molecule has 0 radical (unpaired) electrons. The molecule has 0 saturated carbocycles. The van der Waals surface area contributed by atoms with Crippen LogP contribution < -0.4 is 0 Å². The van der Waals surface area contributed by atoms with Crippen molar-refractivity contribution in [2.24, 2.45) is 0 Å². The van der Waals surface area contributed by atoms with Gasteiger partial charge in [0.15, 0.2) is 0 Å². The summed E-state index contributed by atoms with van der Waals surface area (Å²) in [6.45, 7) is 64.8. The van der Waals surface area contributed by atoms with Gasteiger partial charge in [0, 0.05) is 0 Å². The van der Waals surface area contributed by atoms with E-state index in [1.165, 1.54) is 0 Å². The summed E-state index contributed by atoms with van der Waals surface area (Å²) >= 11 is 0. The van der Waals surface area contributed by atoms with Crippen LogP contribution in [0.1, 0.15) is 145 Å². The molecule has 0 saturated heterocycles. The van der Waals surface area contributed by atoms with Gasteiger partial charge in [0.2, 0.25) is 0 Å². The maximum atomic E-state index is 3.48. The van der Waals surface area contributed by atoms with Crippen LogP contribution in [0.25, 0.3) is 0 Å². The van der Waals surface area contributed by atoms with Gasteiger partial charge in [-0.15, -0.1) is 52.6 Å². The Hall–Kier alpha value is -1.30. The van der Waals surface area contributed by atoms with Crippen LogP contribution >= 0.6 is 0 Å². The third kappa shape index (κ3) is 227000. The lowest BCUT2D eigenvalue weighted by Crippen LogP contribution is -1.36. The summed E-state index contributed by atoms with van der Waals surface area (Å²) < 4.78 is 0. The van der Waals surface area contributed by atoms with E-state index in [4.69, 9.17) is 0 Å². The van der Waals surface area contributed by atoms with Crippen LogP contribution in [0.2, 0.25) is 0 Å². The molecule has 0 spiro atoms. The first-order valence-corrected chi connectivity index (χ1v) is 13.0. The van der Waals surface area contributed by atoms with Crippen LogP contribution in [0.4, 0.5) is 0 Å². The monoisotopic (exact) mass is 453 g/mol. The average Bonchev–Trinajstić information content (AvgIpc) is 2.97. The first kappa shape index (κ1) is 99.2. The predicted molar refractivity (Wildman–Crippen MR) is 172 cm³/mol. The molecule has 0 heterocycles. The van der Waals surface area contributed by atoms with Crippen molar-refractivity contribution in [3.63, 3.8) is 0 Å². The molecule has 0 aliphatic heterocycles. The Morgan fingerprint density at radius 3 is 0.419 bits per heavy atom. The predicted octanol–water partition coefficient (Wildman–Crippen LogP) is 14.4. The number of hydrogen-bond donors (Lipinski definition) is 0. The first-order chi connectivity index (χ1) is 15.3. The minimum atomic E-state index is 1.08. The highest BCUT2D eigenvalue weighted by Crippen LogP contribution is 1.66. The second kappa shape index (κ2) is 7620. The van der Waals surface area contributed by atoms with E-state index in [1.807, 2.05) is 138 Å². The SMILES string of the molecule is C=C.C=C.C=C.C=CC.C=CCC.CC.CC.CC.CC.CC.CC.CC.CC.CC. The maximum Gasteiger partial charge on any atom is -0.0382 e. The maximum absolute atomic E-state index is 3.48. The number of allylic oxidation sites excluding steroid dienone is 2. The van der Waals surface area contributed by atoms with Crippen LogP contribution in [0.15, 0.2) is 64.8 Å². The molecule has 0 N–H and O–H groups in total. The molecule has 0 unspecified atom stereocenters. The number of rotatable bonds is 1. The average molecular weight is 453 g/mol. The van der Waals surface area contributed by atoms with Crippen molar-refractivity contribution >= 4 is 0 Å². The molecule has 0 aliphatic rings. The van der Waals surface area contributed by atoms with Crippen molar-refractivity contribution in [3.8, 4) is 0 Å². The van der Waals surface area contributed by atoms with Crippen LogP contribution in [-0.4, -0.2) is 0 Å². The molecule has 0 fully saturated rings. The van der Waals surface area contributed by atoms with Gasteiger partial charge in [0.1, 0.15) is 0 Å². The summed E-state index contributed by atoms with van der Waals surface area (Å²) in [5.41, 5.74) is 0. The summed E-state index contributed by atoms with van der Waals surface area (Å²) in [6.07, 6.45) is 4.71. The van der Waals surface area contributed by atoms with Crippen molar-refractivity contribution in [2.45, 2.75) is 145 Å². The highest BCUT2D eigenvalue weighted by Gasteiger charge is 1.45. The molecule has 0 amide bonds. The van der Waals surface area contributed by atoms with Gasteiger partial charge in [-0.05, 0) is 13.3 Å². The zero-order chi connectivity index (χ0) is 30.1. The molecule has 0 atom stereocenters. The standard InChI is InChI=1S/C4H8.C3H6.9C2H6.3C2H4/c1-3-4-2;1-3-2;12*1-2/h3H,1,4H2,2H3;3H,1H2,2H3;9*1-2H3;3*1-2H2. The summed E-state index contributed by atoms with van der Waals surface area (Å²) in [7, 11) is 0. The van der Waals surface area contributed by atoms with Gasteiger partial charge < -0.3 is 0 Å². The van der Waals surface area contributed by atoms with Gasteiger partial charge >= 0.3 is 0 Å². The van der Waals surface area contributed by atoms with Crippen molar-refractivity contribution in [2.75, 3.05) is 0 Å². The van der Waals surface area contributed by atoms with Crippen LogP contribution in [0.5, 0.6) is 0 Å². The number of hydrogen-bond acceptors (Lipinski definition) is 0. The lowest BCUT2D eigenvalue weighted by molar-refractivity contribution is 1.23. The summed E-state index contributed by atoms with van der Waals surface area (Å²) in [5.74, 6) is 0. The fourth-order valence-electron chi connectivity index (χ4n) is 0. The van der Waals surface area contributed by atoms with E-state index in [-0.39, 0.29) is 0 Å². The van der Waals surface area contributed by atoms with Crippen LogP contribution in [0, 0.1) is 0 Å². The van der Waals surface area contributed by atoms with E-state index in [1.54, 1.807) is 6.08 Å². The second-order valence-electron chi connectivity index (χ2n) is 1.11. The minimum absolute atomic E-state index is 1.08. The highest BCUT2D eigenvalue weighted by atomic mass is 13.5. The Morgan fingerprint density at radius 2 is 0.419 bits per heavy atom. The Bertz CT molecular complexity index is 57.7. The molecule has 0 rings (SSSR count). The van der Waals surface area contributed by atoms with Crippen molar-refractivity contribution in [1.29, 1.82) is 0 Å².